The second-order valence-electron chi connectivity index (χ2n) is 4.99. The van der Waals surface area contributed by atoms with Gasteiger partial charge in [-0.3, -0.25) is 9.67 Å². The van der Waals surface area contributed by atoms with Crippen LogP contribution < -0.4 is 0 Å². The fourth-order valence-corrected chi connectivity index (χ4v) is 3.04. The summed E-state index contributed by atoms with van der Waals surface area (Å²) in [7, 11) is 4.14. The van der Waals surface area contributed by atoms with Crippen molar-refractivity contribution >= 4 is 23.6 Å². The van der Waals surface area contributed by atoms with Crippen LogP contribution in [0.5, 0.6) is 0 Å². The van der Waals surface area contributed by atoms with Crippen LogP contribution in [0, 0.1) is 4.77 Å². The van der Waals surface area contributed by atoms with Gasteiger partial charge in [-0.25, -0.2) is 4.98 Å². The fourth-order valence-electron chi connectivity index (χ4n) is 1.81. The Morgan fingerprint density at radius 1 is 1.47 bits per heavy atom. The molecule has 0 fully saturated rings. The maximum absolute atomic E-state index is 5.26. The SMILES string of the molecule is CC(C)n1c(-c2cnc(CCN(C)C)s2)n[nH]c1=S. The molecule has 19 heavy (non-hydrogen) atoms. The summed E-state index contributed by atoms with van der Waals surface area (Å²) in [5, 5.41) is 8.32. The highest BCUT2D eigenvalue weighted by atomic mass is 32.1. The van der Waals surface area contributed by atoms with Crippen molar-refractivity contribution in [1.29, 1.82) is 0 Å². The Labute approximate surface area is 122 Å². The van der Waals surface area contributed by atoms with Crippen molar-refractivity contribution in [1.82, 2.24) is 24.6 Å². The third-order valence-electron chi connectivity index (χ3n) is 2.77. The van der Waals surface area contributed by atoms with Crippen LogP contribution in [0.15, 0.2) is 6.20 Å². The van der Waals surface area contributed by atoms with E-state index in [2.05, 4.69) is 48.0 Å². The lowest BCUT2D eigenvalue weighted by atomic mass is 10.3. The van der Waals surface area contributed by atoms with Crippen molar-refractivity contribution in [2.45, 2.75) is 26.3 Å². The number of likely N-dealkylation sites (N-methyl/N-ethyl adjacent to an activating group) is 1. The van der Waals surface area contributed by atoms with E-state index in [1.54, 1.807) is 11.3 Å². The van der Waals surface area contributed by atoms with E-state index >= 15 is 0 Å². The number of hydrogen-bond donors (Lipinski definition) is 1. The molecule has 2 aromatic heterocycles. The van der Waals surface area contributed by atoms with Gasteiger partial charge in [0, 0.05) is 25.2 Å². The molecule has 1 N–H and O–H groups in total. The van der Waals surface area contributed by atoms with Crippen LogP contribution in [-0.4, -0.2) is 45.3 Å². The molecule has 0 aromatic carbocycles. The van der Waals surface area contributed by atoms with Gasteiger partial charge in [-0.1, -0.05) is 0 Å². The quantitative estimate of drug-likeness (QED) is 0.862. The third-order valence-corrected chi connectivity index (χ3v) is 4.11. The largest absolute Gasteiger partial charge is 0.309 e. The first-order chi connectivity index (χ1) is 8.99. The van der Waals surface area contributed by atoms with E-state index in [1.165, 1.54) is 0 Å². The summed E-state index contributed by atoms with van der Waals surface area (Å²) in [5.74, 6) is 0.883. The normalized spacial score (nSPS) is 11.7. The molecule has 0 aliphatic carbocycles. The molecule has 104 valence electrons. The van der Waals surface area contributed by atoms with Crippen molar-refractivity contribution in [3.05, 3.63) is 16.0 Å². The second kappa shape index (κ2) is 5.94. The van der Waals surface area contributed by atoms with E-state index < -0.39 is 0 Å². The lowest BCUT2D eigenvalue weighted by molar-refractivity contribution is 0.413. The third kappa shape index (κ3) is 3.29. The molecule has 0 atom stereocenters. The van der Waals surface area contributed by atoms with Crippen LogP contribution in [0.4, 0.5) is 0 Å². The maximum atomic E-state index is 5.26. The Morgan fingerprint density at radius 2 is 2.21 bits per heavy atom. The number of thiazole rings is 1. The van der Waals surface area contributed by atoms with E-state index in [-0.39, 0.29) is 6.04 Å². The van der Waals surface area contributed by atoms with E-state index in [9.17, 15) is 0 Å². The summed E-state index contributed by atoms with van der Waals surface area (Å²) < 4.78 is 2.69. The molecule has 2 rings (SSSR count). The van der Waals surface area contributed by atoms with Crippen LogP contribution in [0.2, 0.25) is 0 Å². The number of rotatable bonds is 5. The molecule has 0 spiro atoms. The Bertz CT molecular complexity index is 593. The minimum Gasteiger partial charge on any atom is -0.309 e. The van der Waals surface area contributed by atoms with Crippen LogP contribution in [-0.2, 0) is 6.42 Å². The van der Waals surface area contributed by atoms with E-state index in [0.717, 1.165) is 28.7 Å². The Kier molecular flexibility index (Phi) is 4.49. The number of hydrogen-bond acceptors (Lipinski definition) is 5. The zero-order valence-corrected chi connectivity index (χ0v) is 13.3. The first-order valence-electron chi connectivity index (χ1n) is 6.25. The fraction of sp³-hybridized carbons (Fsp3) is 0.583. The molecule has 2 heterocycles. The number of aromatic amines is 1. The van der Waals surface area contributed by atoms with Gasteiger partial charge in [-0.2, -0.15) is 5.10 Å². The minimum atomic E-state index is 0.286. The Morgan fingerprint density at radius 3 is 2.84 bits per heavy atom. The average Bonchev–Trinajstić information content (AvgIpc) is 2.92. The van der Waals surface area contributed by atoms with Crippen LogP contribution >= 0.6 is 23.6 Å². The molecule has 0 saturated heterocycles. The van der Waals surface area contributed by atoms with Crippen LogP contribution in [0.25, 0.3) is 10.7 Å². The summed E-state index contributed by atoms with van der Waals surface area (Å²) in [6.45, 7) is 5.20. The molecule has 2 aromatic rings. The smallest absolute Gasteiger partial charge is 0.195 e. The summed E-state index contributed by atoms with van der Waals surface area (Å²) in [5.41, 5.74) is 0. The monoisotopic (exact) mass is 297 g/mol. The van der Waals surface area contributed by atoms with Crippen molar-refractivity contribution < 1.29 is 0 Å². The molecule has 5 nitrogen and oxygen atoms in total. The van der Waals surface area contributed by atoms with Gasteiger partial charge in [0.2, 0.25) is 0 Å². The standard InChI is InChI=1S/C12H19N5S2/c1-8(2)17-11(14-15-12(17)18)9-7-13-10(19-9)5-6-16(3)4/h7-8H,5-6H2,1-4H3,(H,15,18). The minimum absolute atomic E-state index is 0.286. The van der Waals surface area contributed by atoms with Gasteiger partial charge >= 0.3 is 0 Å². The van der Waals surface area contributed by atoms with Gasteiger partial charge in [-0.15, -0.1) is 11.3 Å². The molecule has 0 saturated carbocycles. The first kappa shape index (κ1) is 14.4. The van der Waals surface area contributed by atoms with Gasteiger partial charge in [0.1, 0.15) is 0 Å². The number of nitrogens with zero attached hydrogens (tertiary/aromatic N) is 4. The van der Waals surface area contributed by atoms with Crippen molar-refractivity contribution in [3.63, 3.8) is 0 Å². The topological polar surface area (TPSA) is 49.7 Å². The summed E-state index contributed by atoms with van der Waals surface area (Å²) >= 11 is 6.95. The summed E-state index contributed by atoms with van der Waals surface area (Å²) in [4.78, 5) is 7.69. The molecule has 0 radical (unpaired) electrons. The highest BCUT2D eigenvalue weighted by Crippen LogP contribution is 2.26. The maximum Gasteiger partial charge on any atom is 0.195 e. The molecule has 0 aliphatic heterocycles. The van der Waals surface area contributed by atoms with Gasteiger partial charge < -0.3 is 4.90 Å². The highest BCUT2D eigenvalue weighted by Gasteiger charge is 2.14. The summed E-state index contributed by atoms with van der Waals surface area (Å²) in [6.07, 6.45) is 2.85. The summed E-state index contributed by atoms with van der Waals surface area (Å²) in [6, 6.07) is 0.286. The molecule has 0 bridgehead atoms. The average molecular weight is 297 g/mol. The Hall–Kier alpha value is -1.05. The number of aromatic nitrogens is 4. The van der Waals surface area contributed by atoms with E-state index in [1.807, 2.05) is 10.8 Å². The van der Waals surface area contributed by atoms with Crippen molar-refractivity contribution in [2.24, 2.45) is 0 Å². The lowest BCUT2D eigenvalue weighted by Gasteiger charge is -2.08. The first-order valence-corrected chi connectivity index (χ1v) is 7.48. The predicted molar refractivity (Wildman–Crippen MR) is 81.2 cm³/mol. The van der Waals surface area contributed by atoms with E-state index in [4.69, 9.17) is 12.2 Å². The van der Waals surface area contributed by atoms with Gasteiger partial charge in [-0.05, 0) is 40.2 Å². The molecular formula is C12H19N5S2. The highest BCUT2D eigenvalue weighted by molar-refractivity contribution is 7.71. The number of nitrogens with one attached hydrogen (secondary N) is 1. The van der Waals surface area contributed by atoms with Crippen molar-refractivity contribution in [2.75, 3.05) is 20.6 Å². The second-order valence-corrected chi connectivity index (χ2v) is 6.49. The van der Waals surface area contributed by atoms with Crippen LogP contribution in [0.3, 0.4) is 0 Å². The Balaban J connectivity index is 2.26. The molecule has 7 heteroatoms. The van der Waals surface area contributed by atoms with Gasteiger partial charge in [0.05, 0.1) is 9.88 Å². The zero-order chi connectivity index (χ0) is 14.0. The van der Waals surface area contributed by atoms with Gasteiger partial charge in [0.15, 0.2) is 10.6 Å². The molecule has 0 amide bonds. The zero-order valence-electron chi connectivity index (χ0n) is 11.7. The van der Waals surface area contributed by atoms with Gasteiger partial charge in [0.25, 0.3) is 0 Å². The molecular weight excluding hydrogens is 278 g/mol. The van der Waals surface area contributed by atoms with E-state index in [0.29, 0.717) is 4.77 Å². The van der Waals surface area contributed by atoms with Crippen LogP contribution in [0.1, 0.15) is 24.9 Å². The predicted octanol–water partition coefficient (Wildman–Crippen LogP) is 2.75. The number of H-pyrrole nitrogens is 1. The molecule has 0 aliphatic rings. The molecule has 0 unspecified atom stereocenters. The lowest BCUT2D eigenvalue weighted by Crippen LogP contribution is -2.14. The van der Waals surface area contributed by atoms with Crippen molar-refractivity contribution in [3.8, 4) is 10.7 Å².